The van der Waals surface area contributed by atoms with Crippen LogP contribution in [0.2, 0.25) is 5.02 Å². The van der Waals surface area contributed by atoms with Gasteiger partial charge in [0.1, 0.15) is 0 Å². The van der Waals surface area contributed by atoms with Crippen molar-refractivity contribution in [2.75, 3.05) is 0 Å². The summed E-state index contributed by atoms with van der Waals surface area (Å²) in [6, 6.07) is 0. The van der Waals surface area contributed by atoms with E-state index in [-0.39, 0.29) is 24.0 Å². The van der Waals surface area contributed by atoms with Gasteiger partial charge in [0.05, 0.1) is 0 Å². The summed E-state index contributed by atoms with van der Waals surface area (Å²) in [5, 5.41) is 1.49. The van der Waals surface area contributed by atoms with Gasteiger partial charge in [-0.2, -0.15) is 0 Å². The summed E-state index contributed by atoms with van der Waals surface area (Å²) < 4.78 is 0. The van der Waals surface area contributed by atoms with Gasteiger partial charge in [0, 0.05) is 0 Å². The summed E-state index contributed by atoms with van der Waals surface area (Å²) in [6.07, 6.45) is 8.74. The van der Waals surface area contributed by atoms with E-state index in [1.54, 1.807) is 0 Å². The van der Waals surface area contributed by atoms with E-state index in [0.29, 0.717) is 0 Å². The van der Waals surface area contributed by atoms with E-state index in [1.165, 1.54) is 61.8 Å². The maximum Gasteiger partial charge on any atom is -1.00 e. The Bertz CT molecular complexity index is 42.5. The molecule has 2 heteroatoms. The standard InChI is InChI=1S/C8H17.HI.Zn/c1-3-5-7-8-6-4-2;;/h1,3-8H2,2H3;1H;/q;;+1/p-1. The molecule has 0 saturated heterocycles. The van der Waals surface area contributed by atoms with E-state index in [2.05, 4.69) is 6.92 Å². The third kappa shape index (κ3) is 12.1. The van der Waals surface area contributed by atoms with E-state index >= 15 is 0 Å². The number of rotatable bonds is 6. The zero-order valence-electron chi connectivity index (χ0n) is 7.03. The fraction of sp³-hybridized carbons (Fsp3) is 1.00. The van der Waals surface area contributed by atoms with Crippen molar-refractivity contribution in [3.63, 3.8) is 0 Å². The number of halogens is 1. The molecule has 0 unspecified atom stereocenters. The van der Waals surface area contributed by atoms with Gasteiger partial charge in [-0.1, -0.05) is 0 Å². The van der Waals surface area contributed by atoms with Crippen LogP contribution in [0.15, 0.2) is 0 Å². The predicted octanol–water partition coefficient (Wildman–Crippen LogP) is 0.316. The van der Waals surface area contributed by atoms with E-state index in [0.717, 1.165) is 0 Å². The van der Waals surface area contributed by atoms with Gasteiger partial charge in [-0.25, -0.2) is 0 Å². The summed E-state index contributed by atoms with van der Waals surface area (Å²) in [5.41, 5.74) is 0. The first-order chi connectivity index (χ1) is 4.41. The molecule has 0 aliphatic heterocycles. The van der Waals surface area contributed by atoms with Crippen molar-refractivity contribution >= 4 is 0 Å². The van der Waals surface area contributed by atoms with Crippen LogP contribution in [0.1, 0.15) is 45.4 Å². The first kappa shape index (κ1) is 13.9. The molecule has 10 heavy (non-hydrogen) atoms. The van der Waals surface area contributed by atoms with E-state index in [4.69, 9.17) is 0 Å². The quantitative estimate of drug-likeness (QED) is 0.377. The summed E-state index contributed by atoms with van der Waals surface area (Å²) in [5.74, 6) is 0. The largest absolute Gasteiger partial charge is 1.00 e. The van der Waals surface area contributed by atoms with Gasteiger partial charge in [0.25, 0.3) is 0 Å². The molecule has 0 radical (unpaired) electrons. The summed E-state index contributed by atoms with van der Waals surface area (Å²) in [4.78, 5) is 0. The summed E-state index contributed by atoms with van der Waals surface area (Å²) in [6.45, 7) is 2.27. The fourth-order valence-corrected chi connectivity index (χ4v) is 1.70. The van der Waals surface area contributed by atoms with Gasteiger partial charge >= 0.3 is 68.8 Å². The number of hydrogen-bond donors (Lipinski definition) is 0. The zero-order valence-corrected chi connectivity index (χ0v) is 12.2. The monoisotopic (exact) mass is 304 g/mol. The predicted molar refractivity (Wildman–Crippen MR) is 38.2 cm³/mol. The minimum Gasteiger partial charge on any atom is -1.00 e. The Morgan fingerprint density at radius 2 is 1.40 bits per heavy atom. The maximum atomic E-state index is 2.27. The van der Waals surface area contributed by atoms with Crippen LogP contribution in [0.25, 0.3) is 0 Å². The topological polar surface area (TPSA) is 0 Å². The molecular formula is C8H17IZn. The molecule has 0 aliphatic rings. The molecule has 0 atom stereocenters. The third-order valence-corrected chi connectivity index (χ3v) is 2.65. The Kier molecular flexibility index (Phi) is 18.1. The van der Waals surface area contributed by atoms with Crippen LogP contribution >= 0.6 is 0 Å². The van der Waals surface area contributed by atoms with Crippen molar-refractivity contribution in [3.8, 4) is 0 Å². The Labute approximate surface area is 92.2 Å². The zero-order chi connectivity index (χ0) is 6.95. The van der Waals surface area contributed by atoms with Gasteiger partial charge in [-0.15, -0.1) is 0 Å². The van der Waals surface area contributed by atoms with Crippen LogP contribution in [0, 0.1) is 0 Å². The number of unbranched alkanes of at least 4 members (excludes halogenated alkanes) is 5. The molecule has 0 aromatic carbocycles. The Morgan fingerprint density at radius 3 is 1.90 bits per heavy atom. The SMILES string of the molecule is CCCCCCC[CH2][Zn+].[I-]. The smallest absolute Gasteiger partial charge is 1.00 e. The maximum absolute atomic E-state index is 2.27. The van der Waals surface area contributed by atoms with Crippen molar-refractivity contribution < 1.29 is 42.3 Å². The number of hydrogen-bond acceptors (Lipinski definition) is 0. The van der Waals surface area contributed by atoms with Gasteiger partial charge in [-0.05, 0) is 0 Å². The van der Waals surface area contributed by atoms with Crippen LogP contribution in [-0.4, -0.2) is 0 Å². The average molecular weight is 306 g/mol. The molecule has 0 bridgehead atoms. The van der Waals surface area contributed by atoms with Crippen LogP contribution in [0.3, 0.4) is 0 Å². The molecule has 0 N–H and O–H groups in total. The first-order valence-corrected chi connectivity index (χ1v) is 6.31. The van der Waals surface area contributed by atoms with Crippen molar-refractivity contribution in [2.24, 2.45) is 0 Å². The molecule has 0 aliphatic carbocycles. The third-order valence-electron chi connectivity index (χ3n) is 1.60. The van der Waals surface area contributed by atoms with Crippen LogP contribution in [0.5, 0.6) is 0 Å². The minimum atomic E-state index is 0. The molecule has 58 valence electrons. The van der Waals surface area contributed by atoms with Crippen LogP contribution < -0.4 is 24.0 Å². The molecule has 0 fully saturated rings. The van der Waals surface area contributed by atoms with E-state index < -0.39 is 0 Å². The molecular weight excluding hydrogens is 288 g/mol. The molecule has 0 saturated carbocycles. The normalized spacial score (nSPS) is 9.10. The molecule has 0 amide bonds. The Morgan fingerprint density at radius 1 is 0.900 bits per heavy atom. The van der Waals surface area contributed by atoms with Crippen LogP contribution in [-0.2, 0) is 18.3 Å². The average Bonchev–Trinajstić information content (AvgIpc) is 1.89. The second-order valence-electron chi connectivity index (χ2n) is 2.62. The first-order valence-electron chi connectivity index (χ1n) is 4.21. The molecule has 0 aromatic rings. The van der Waals surface area contributed by atoms with Crippen molar-refractivity contribution in [1.29, 1.82) is 0 Å². The molecule has 0 heterocycles. The van der Waals surface area contributed by atoms with Crippen molar-refractivity contribution in [2.45, 2.75) is 50.5 Å². The van der Waals surface area contributed by atoms with Gasteiger partial charge in [0.15, 0.2) is 0 Å². The van der Waals surface area contributed by atoms with Gasteiger partial charge < -0.3 is 24.0 Å². The minimum absolute atomic E-state index is 0. The van der Waals surface area contributed by atoms with Crippen molar-refractivity contribution in [3.05, 3.63) is 0 Å². The molecule has 0 spiro atoms. The van der Waals surface area contributed by atoms with E-state index in [9.17, 15) is 0 Å². The Hall–Kier alpha value is 1.35. The molecule has 0 nitrogen and oxygen atoms in total. The Balaban J connectivity index is 0. The second kappa shape index (κ2) is 13.0. The molecule has 0 rings (SSSR count). The van der Waals surface area contributed by atoms with Crippen molar-refractivity contribution in [1.82, 2.24) is 0 Å². The summed E-state index contributed by atoms with van der Waals surface area (Å²) in [7, 11) is 0. The van der Waals surface area contributed by atoms with Crippen LogP contribution in [0.4, 0.5) is 0 Å². The van der Waals surface area contributed by atoms with Gasteiger partial charge in [0.2, 0.25) is 0 Å². The molecule has 0 aromatic heterocycles. The fourth-order valence-electron chi connectivity index (χ4n) is 0.957. The summed E-state index contributed by atoms with van der Waals surface area (Å²) >= 11 is 1.49. The van der Waals surface area contributed by atoms with E-state index in [1.807, 2.05) is 0 Å². The van der Waals surface area contributed by atoms with Gasteiger partial charge in [-0.3, -0.25) is 0 Å². The second-order valence-corrected chi connectivity index (χ2v) is 4.10.